The Morgan fingerprint density at radius 2 is 2.16 bits per heavy atom. The van der Waals surface area contributed by atoms with Crippen molar-refractivity contribution in [2.45, 2.75) is 38.3 Å². The number of nitrogens with one attached hydrogen (secondary N) is 1. The van der Waals surface area contributed by atoms with Gasteiger partial charge < -0.3 is 15.1 Å². The lowest BCUT2D eigenvalue weighted by molar-refractivity contribution is -0.143. The molecule has 2 atom stereocenters. The van der Waals surface area contributed by atoms with Crippen molar-refractivity contribution >= 4 is 50.7 Å². The number of nitrogens with zero attached hydrogens (tertiary/aromatic N) is 2. The third-order valence-corrected chi connectivity index (χ3v) is 6.75. The van der Waals surface area contributed by atoms with Gasteiger partial charge in [-0.3, -0.25) is 9.59 Å². The Morgan fingerprint density at radius 1 is 1.39 bits per heavy atom. The SMILES string of the molecule is Cc1cc(N2CCC(NC(=O)C3(C)CC(c4cccc(Cl)c4F)=NO3)C2=O)ccc1Br. The second kappa shape index (κ2) is 8.24. The number of amides is 2. The number of halogens is 3. The molecule has 2 amide bonds. The molecule has 4 rings (SSSR count). The van der Waals surface area contributed by atoms with Crippen molar-refractivity contribution in [1.82, 2.24) is 5.32 Å². The highest BCUT2D eigenvalue weighted by Gasteiger charge is 2.45. The second-order valence-electron chi connectivity index (χ2n) is 7.88. The number of aryl methyl sites for hydroxylation is 1. The lowest BCUT2D eigenvalue weighted by Crippen LogP contribution is -2.51. The minimum Gasteiger partial charge on any atom is -0.379 e. The Kier molecular flexibility index (Phi) is 5.79. The fraction of sp³-hybridized carbons (Fsp3) is 0.318. The van der Waals surface area contributed by atoms with Gasteiger partial charge in [0, 0.05) is 28.7 Å². The van der Waals surface area contributed by atoms with Crippen LogP contribution in [-0.2, 0) is 14.4 Å². The van der Waals surface area contributed by atoms with E-state index in [-0.39, 0.29) is 22.9 Å². The van der Waals surface area contributed by atoms with Crippen LogP contribution in [0.4, 0.5) is 10.1 Å². The van der Waals surface area contributed by atoms with E-state index in [0.29, 0.717) is 18.7 Å². The van der Waals surface area contributed by atoms with E-state index in [1.54, 1.807) is 17.9 Å². The smallest absolute Gasteiger partial charge is 0.267 e. The Hall–Kier alpha value is -2.45. The summed E-state index contributed by atoms with van der Waals surface area (Å²) in [6.07, 6.45) is 0.541. The lowest BCUT2D eigenvalue weighted by Gasteiger charge is -2.23. The van der Waals surface area contributed by atoms with Gasteiger partial charge in [0.05, 0.1) is 10.7 Å². The molecule has 0 aliphatic carbocycles. The molecule has 2 heterocycles. The summed E-state index contributed by atoms with van der Waals surface area (Å²) in [5, 5.41) is 6.66. The molecule has 0 saturated carbocycles. The lowest BCUT2D eigenvalue weighted by atomic mass is 9.94. The number of carbonyl (C=O) groups excluding carboxylic acids is 2. The molecule has 2 aliphatic heterocycles. The van der Waals surface area contributed by atoms with E-state index in [2.05, 4.69) is 26.4 Å². The van der Waals surface area contributed by atoms with Gasteiger partial charge in [0.15, 0.2) is 5.82 Å². The Morgan fingerprint density at radius 3 is 2.90 bits per heavy atom. The molecule has 2 unspecified atom stereocenters. The van der Waals surface area contributed by atoms with Crippen molar-refractivity contribution in [3.05, 3.63) is 62.8 Å². The summed E-state index contributed by atoms with van der Waals surface area (Å²) >= 11 is 9.30. The third-order valence-electron chi connectivity index (χ3n) is 5.57. The average Bonchev–Trinajstić information content (AvgIpc) is 3.30. The Balaban J connectivity index is 1.43. The van der Waals surface area contributed by atoms with Crippen molar-refractivity contribution in [2.75, 3.05) is 11.4 Å². The van der Waals surface area contributed by atoms with Crippen LogP contribution in [0.15, 0.2) is 46.0 Å². The number of carbonyl (C=O) groups is 2. The Bertz CT molecular complexity index is 1110. The number of hydrogen-bond donors (Lipinski definition) is 1. The minimum atomic E-state index is -1.34. The predicted molar refractivity (Wildman–Crippen MR) is 120 cm³/mol. The third kappa shape index (κ3) is 4.06. The van der Waals surface area contributed by atoms with Gasteiger partial charge in [0.2, 0.25) is 11.5 Å². The van der Waals surface area contributed by atoms with Crippen molar-refractivity contribution in [2.24, 2.45) is 5.16 Å². The molecule has 0 spiro atoms. The predicted octanol–water partition coefficient (Wildman–Crippen LogP) is 4.35. The largest absolute Gasteiger partial charge is 0.379 e. The molecule has 0 radical (unpaired) electrons. The molecule has 0 bridgehead atoms. The normalized spacial score (nSPS) is 23.0. The van der Waals surface area contributed by atoms with Crippen LogP contribution < -0.4 is 10.2 Å². The fourth-order valence-corrected chi connectivity index (χ4v) is 4.13. The highest BCUT2D eigenvalue weighted by atomic mass is 79.9. The van der Waals surface area contributed by atoms with E-state index in [1.807, 2.05) is 25.1 Å². The molecule has 0 aromatic heterocycles. The van der Waals surface area contributed by atoms with E-state index in [9.17, 15) is 14.0 Å². The fourth-order valence-electron chi connectivity index (χ4n) is 3.71. The van der Waals surface area contributed by atoms with Crippen molar-refractivity contribution in [3.63, 3.8) is 0 Å². The molecule has 31 heavy (non-hydrogen) atoms. The van der Waals surface area contributed by atoms with Crippen LogP contribution in [0, 0.1) is 12.7 Å². The van der Waals surface area contributed by atoms with E-state index >= 15 is 0 Å². The van der Waals surface area contributed by atoms with Crippen molar-refractivity contribution < 1.29 is 18.8 Å². The van der Waals surface area contributed by atoms with Gasteiger partial charge in [-0.2, -0.15) is 0 Å². The first-order valence-corrected chi connectivity index (χ1v) is 10.9. The number of benzene rings is 2. The van der Waals surface area contributed by atoms with Crippen LogP contribution in [0.5, 0.6) is 0 Å². The van der Waals surface area contributed by atoms with Gasteiger partial charge in [-0.25, -0.2) is 4.39 Å². The Labute approximate surface area is 192 Å². The molecular formula is C22H20BrClFN3O3. The minimum absolute atomic E-state index is 0.0296. The molecular weight excluding hydrogens is 489 g/mol. The van der Waals surface area contributed by atoms with Gasteiger partial charge in [-0.15, -0.1) is 0 Å². The van der Waals surface area contributed by atoms with E-state index in [0.717, 1.165) is 15.7 Å². The van der Waals surface area contributed by atoms with Crippen molar-refractivity contribution in [3.8, 4) is 0 Å². The summed E-state index contributed by atoms with van der Waals surface area (Å²) < 4.78 is 15.3. The maximum absolute atomic E-state index is 14.3. The number of hydrogen-bond acceptors (Lipinski definition) is 4. The zero-order valence-corrected chi connectivity index (χ0v) is 19.3. The van der Waals surface area contributed by atoms with Crippen LogP contribution in [0.25, 0.3) is 0 Å². The summed E-state index contributed by atoms with van der Waals surface area (Å²) in [7, 11) is 0. The molecule has 6 nitrogen and oxygen atoms in total. The highest BCUT2D eigenvalue weighted by Crippen LogP contribution is 2.31. The maximum atomic E-state index is 14.3. The molecule has 162 valence electrons. The quantitative estimate of drug-likeness (QED) is 0.667. The zero-order chi connectivity index (χ0) is 22.3. The van der Waals surface area contributed by atoms with Gasteiger partial charge in [0.25, 0.3) is 5.91 Å². The zero-order valence-electron chi connectivity index (χ0n) is 16.9. The standard InChI is InChI=1S/C22H20BrClFN3O3/c1-12-10-13(6-7-15(12)23)28-9-8-17(20(28)29)26-21(30)22(2)11-18(27-31-22)14-4-3-5-16(24)19(14)25/h3-7,10,17H,8-9,11H2,1-2H3,(H,26,30). The number of rotatable bonds is 4. The molecule has 2 aliphatic rings. The van der Waals surface area contributed by atoms with Crippen LogP contribution >= 0.6 is 27.5 Å². The summed E-state index contributed by atoms with van der Waals surface area (Å²) in [6, 6.07) is 9.59. The average molecular weight is 509 g/mol. The van der Waals surface area contributed by atoms with E-state index < -0.39 is 23.4 Å². The van der Waals surface area contributed by atoms with Crippen molar-refractivity contribution in [1.29, 1.82) is 0 Å². The van der Waals surface area contributed by atoms with Crippen LogP contribution in [0.3, 0.4) is 0 Å². The van der Waals surface area contributed by atoms with E-state index in [1.165, 1.54) is 12.1 Å². The molecule has 2 aromatic carbocycles. The van der Waals surface area contributed by atoms with Crippen LogP contribution in [0.1, 0.15) is 30.9 Å². The summed E-state index contributed by atoms with van der Waals surface area (Å²) in [5.74, 6) is -1.26. The first-order valence-electron chi connectivity index (χ1n) is 9.77. The summed E-state index contributed by atoms with van der Waals surface area (Å²) in [6.45, 7) is 4.01. The topological polar surface area (TPSA) is 71.0 Å². The molecule has 1 N–H and O–H groups in total. The molecule has 1 saturated heterocycles. The summed E-state index contributed by atoms with van der Waals surface area (Å²) in [4.78, 5) is 32.9. The number of oxime groups is 1. The summed E-state index contributed by atoms with van der Waals surface area (Å²) in [5.41, 5.74) is 0.946. The molecule has 2 aromatic rings. The van der Waals surface area contributed by atoms with Gasteiger partial charge in [-0.05, 0) is 56.2 Å². The van der Waals surface area contributed by atoms with Gasteiger partial charge in [0.1, 0.15) is 6.04 Å². The van der Waals surface area contributed by atoms with E-state index in [4.69, 9.17) is 16.4 Å². The first-order chi connectivity index (χ1) is 14.7. The number of anilines is 1. The van der Waals surface area contributed by atoms with Gasteiger partial charge in [-0.1, -0.05) is 38.8 Å². The monoisotopic (exact) mass is 507 g/mol. The molecule has 1 fully saturated rings. The maximum Gasteiger partial charge on any atom is 0.267 e. The van der Waals surface area contributed by atoms with Crippen LogP contribution in [-0.4, -0.2) is 35.7 Å². The highest BCUT2D eigenvalue weighted by molar-refractivity contribution is 9.10. The van der Waals surface area contributed by atoms with Gasteiger partial charge >= 0.3 is 0 Å². The van der Waals surface area contributed by atoms with Crippen LogP contribution in [0.2, 0.25) is 5.02 Å². The molecule has 9 heteroatoms. The first kappa shape index (κ1) is 21.8. The second-order valence-corrected chi connectivity index (χ2v) is 9.14.